The lowest BCUT2D eigenvalue weighted by atomic mass is 10.2. The standard InChI is InChI=1S/C12H9NO4/c1-7(15)17-11-10-8(6-14)4-3-5-9(10)13-12(11)16-2/h3-5H,1-2H3. The van der Waals surface area contributed by atoms with Crippen molar-refractivity contribution in [2.75, 3.05) is 7.11 Å². The van der Waals surface area contributed by atoms with Gasteiger partial charge in [-0.1, -0.05) is 6.07 Å². The zero-order valence-corrected chi connectivity index (χ0v) is 9.31. The van der Waals surface area contributed by atoms with Crippen LogP contribution < -0.4 is 10.4 Å². The van der Waals surface area contributed by atoms with Crippen LogP contribution in [0.4, 0.5) is 5.69 Å². The number of esters is 1. The first-order chi connectivity index (χ1) is 8.17. The molecule has 17 heavy (non-hydrogen) atoms. The first kappa shape index (κ1) is 11.1. The molecule has 0 amide bonds. The Hall–Kier alpha value is -2.39. The van der Waals surface area contributed by atoms with Crippen molar-refractivity contribution in [1.29, 1.82) is 0 Å². The molecule has 1 aromatic carbocycles. The van der Waals surface area contributed by atoms with Gasteiger partial charge in [-0.15, -0.1) is 0 Å². The van der Waals surface area contributed by atoms with E-state index in [2.05, 4.69) is 4.99 Å². The fraction of sp³-hybridized carbons (Fsp3) is 0.167. The monoisotopic (exact) mass is 231 g/mol. The lowest BCUT2D eigenvalue weighted by molar-refractivity contribution is -0.134. The Morgan fingerprint density at radius 1 is 1.41 bits per heavy atom. The second-order valence-electron chi connectivity index (χ2n) is 3.35. The van der Waals surface area contributed by atoms with Crippen LogP contribution in [0.25, 0.3) is 5.76 Å². The minimum Gasteiger partial charge on any atom is -0.478 e. The van der Waals surface area contributed by atoms with Gasteiger partial charge in [0.25, 0.3) is 5.90 Å². The van der Waals surface area contributed by atoms with Crippen LogP contribution in [-0.2, 0) is 19.1 Å². The maximum absolute atomic E-state index is 11.0. The first-order valence-corrected chi connectivity index (χ1v) is 4.87. The summed E-state index contributed by atoms with van der Waals surface area (Å²) in [6.45, 7) is 1.27. The number of hydrogen-bond donors (Lipinski definition) is 0. The van der Waals surface area contributed by atoms with Crippen LogP contribution in [0.1, 0.15) is 6.92 Å². The van der Waals surface area contributed by atoms with Gasteiger partial charge in [-0.25, -0.2) is 9.79 Å². The largest absolute Gasteiger partial charge is 0.478 e. The van der Waals surface area contributed by atoms with Crippen LogP contribution in [0.2, 0.25) is 0 Å². The van der Waals surface area contributed by atoms with Crippen molar-refractivity contribution in [1.82, 2.24) is 0 Å². The van der Waals surface area contributed by atoms with Gasteiger partial charge in [-0.2, -0.15) is 0 Å². The first-order valence-electron chi connectivity index (χ1n) is 4.87. The Morgan fingerprint density at radius 2 is 2.18 bits per heavy atom. The van der Waals surface area contributed by atoms with Crippen molar-refractivity contribution in [3.63, 3.8) is 0 Å². The van der Waals surface area contributed by atoms with Gasteiger partial charge in [0.2, 0.25) is 5.76 Å². The van der Waals surface area contributed by atoms with Crippen LogP contribution >= 0.6 is 0 Å². The summed E-state index contributed by atoms with van der Waals surface area (Å²) in [5.41, 5.74) is 0.527. The van der Waals surface area contributed by atoms with Crippen LogP contribution in [0.5, 0.6) is 0 Å². The fourth-order valence-electron chi connectivity index (χ4n) is 1.60. The lowest BCUT2D eigenvalue weighted by Gasteiger charge is -2.03. The van der Waals surface area contributed by atoms with E-state index in [9.17, 15) is 9.59 Å². The molecule has 5 heteroatoms. The predicted molar refractivity (Wildman–Crippen MR) is 59.8 cm³/mol. The Bertz CT molecular complexity index is 654. The van der Waals surface area contributed by atoms with Crippen LogP contribution in [0.15, 0.2) is 23.2 Å². The van der Waals surface area contributed by atoms with Crippen molar-refractivity contribution in [2.24, 2.45) is 4.99 Å². The van der Waals surface area contributed by atoms with E-state index in [-0.39, 0.29) is 16.9 Å². The van der Waals surface area contributed by atoms with Crippen molar-refractivity contribution in [3.05, 3.63) is 28.6 Å². The van der Waals surface area contributed by atoms with E-state index in [1.807, 2.05) is 0 Å². The molecule has 86 valence electrons. The molecule has 0 saturated carbocycles. The summed E-state index contributed by atoms with van der Waals surface area (Å²) in [5.74, 6) is 1.62. The Balaban J connectivity index is 2.81. The molecule has 5 nitrogen and oxygen atoms in total. The molecule has 0 spiro atoms. The molecule has 0 unspecified atom stereocenters. The Morgan fingerprint density at radius 3 is 2.76 bits per heavy atom. The van der Waals surface area contributed by atoms with Crippen LogP contribution in [0.3, 0.4) is 0 Å². The number of ether oxygens (including phenoxy) is 2. The number of rotatable bonds is 1. The number of aliphatic imine (C=N–C) groups is 1. The van der Waals surface area contributed by atoms with Gasteiger partial charge >= 0.3 is 5.97 Å². The van der Waals surface area contributed by atoms with Gasteiger partial charge in [0, 0.05) is 6.92 Å². The minimum atomic E-state index is -0.502. The van der Waals surface area contributed by atoms with E-state index in [0.29, 0.717) is 10.9 Å². The third-order valence-corrected chi connectivity index (χ3v) is 2.23. The third-order valence-electron chi connectivity index (χ3n) is 2.23. The molecule has 0 aromatic heterocycles. The number of fused-ring (bicyclic) bond motifs is 1. The Kier molecular flexibility index (Phi) is 2.77. The quantitative estimate of drug-likeness (QED) is 0.614. The normalized spacial score (nSPS) is 12.6. The van der Waals surface area contributed by atoms with Gasteiger partial charge in [-0.05, 0) is 12.1 Å². The number of carbonyl (C=O) groups excluding carboxylic acids is 2. The van der Waals surface area contributed by atoms with E-state index >= 15 is 0 Å². The molecule has 0 bridgehead atoms. The molecule has 1 aromatic rings. The summed E-state index contributed by atoms with van der Waals surface area (Å²) in [4.78, 5) is 26.0. The number of benzene rings is 1. The highest BCUT2D eigenvalue weighted by Crippen LogP contribution is 2.16. The molecular weight excluding hydrogens is 222 g/mol. The predicted octanol–water partition coefficient (Wildman–Crippen LogP) is -0.449. The van der Waals surface area contributed by atoms with Crippen molar-refractivity contribution in [3.8, 4) is 0 Å². The lowest BCUT2D eigenvalue weighted by Crippen LogP contribution is -2.29. The molecule has 0 atom stereocenters. The molecule has 1 aliphatic rings. The molecule has 1 aliphatic heterocycles. The number of methoxy groups -OCH3 is 1. The van der Waals surface area contributed by atoms with Gasteiger partial charge in [0.05, 0.1) is 23.2 Å². The zero-order valence-electron chi connectivity index (χ0n) is 9.31. The summed E-state index contributed by atoms with van der Waals surface area (Å²) in [5, 5.41) is 0.726. The topological polar surface area (TPSA) is 65.0 Å². The molecule has 0 saturated heterocycles. The zero-order chi connectivity index (χ0) is 12.4. The highest BCUT2D eigenvalue weighted by Gasteiger charge is 2.21. The number of hydrogen-bond acceptors (Lipinski definition) is 5. The van der Waals surface area contributed by atoms with Crippen LogP contribution in [-0.4, -0.2) is 24.9 Å². The summed E-state index contributed by atoms with van der Waals surface area (Å²) in [6.07, 6.45) is 0. The molecule has 0 fully saturated rings. The highest BCUT2D eigenvalue weighted by molar-refractivity contribution is 6.16. The molecular formula is C12H9NO4. The van der Waals surface area contributed by atoms with E-state index in [0.717, 1.165) is 0 Å². The fourth-order valence-corrected chi connectivity index (χ4v) is 1.60. The maximum atomic E-state index is 11.0. The van der Waals surface area contributed by atoms with Crippen LogP contribution in [0, 0.1) is 0 Å². The van der Waals surface area contributed by atoms with E-state index < -0.39 is 5.97 Å². The smallest absolute Gasteiger partial charge is 0.308 e. The minimum absolute atomic E-state index is 0.161. The second-order valence-corrected chi connectivity index (χ2v) is 3.35. The molecule has 2 rings (SSSR count). The van der Waals surface area contributed by atoms with Gasteiger partial charge in [0.15, 0.2) is 0 Å². The summed E-state index contributed by atoms with van der Waals surface area (Å²) < 4.78 is 10.0. The van der Waals surface area contributed by atoms with Crippen molar-refractivity contribution < 1.29 is 19.1 Å². The SMILES string of the molecule is COC1=Nc2cccc(=C=O)c2=C1OC(C)=O. The van der Waals surface area contributed by atoms with Gasteiger partial charge in [-0.3, -0.25) is 4.79 Å². The summed E-state index contributed by atoms with van der Waals surface area (Å²) in [7, 11) is 1.42. The van der Waals surface area contributed by atoms with Gasteiger partial charge < -0.3 is 9.47 Å². The van der Waals surface area contributed by atoms with E-state index in [4.69, 9.17) is 9.47 Å². The molecule has 0 radical (unpaired) electrons. The van der Waals surface area contributed by atoms with Crippen molar-refractivity contribution >= 4 is 29.3 Å². The average molecular weight is 231 g/mol. The van der Waals surface area contributed by atoms with Gasteiger partial charge in [0.1, 0.15) is 5.94 Å². The third kappa shape index (κ3) is 1.84. The molecule has 1 heterocycles. The number of nitrogens with zero attached hydrogens (tertiary/aromatic N) is 1. The number of carbonyl (C=O) groups is 1. The Labute approximate surface area is 96.7 Å². The summed E-state index contributed by atoms with van der Waals surface area (Å²) >= 11 is 0. The molecule has 0 aliphatic carbocycles. The van der Waals surface area contributed by atoms with E-state index in [1.165, 1.54) is 14.0 Å². The molecule has 0 N–H and O–H groups in total. The maximum Gasteiger partial charge on any atom is 0.308 e. The van der Waals surface area contributed by atoms with E-state index in [1.54, 1.807) is 24.1 Å². The second kappa shape index (κ2) is 4.23. The van der Waals surface area contributed by atoms with Crippen molar-refractivity contribution in [2.45, 2.75) is 6.92 Å². The highest BCUT2D eigenvalue weighted by atomic mass is 16.6. The summed E-state index contributed by atoms with van der Waals surface area (Å²) in [6, 6.07) is 4.95. The average Bonchev–Trinajstić information content (AvgIpc) is 2.66.